The molecule has 0 radical (unpaired) electrons. The summed E-state index contributed by atoms with van der Waals surface area (Å²) >= 11 is 0. The van der Waals surface area contributed by atoms with E-state index in [0.717, 1.165) is 36.3 Å². The number of benzene rings is 1. The highest BCUT2D eigenvalue weighted by atomic mass is 16.5. The minimum Gasteiger partial charge on any atom is -0.493 e. The van der Waals surface area contributed by atoms with Gasteiger partial charge in [0.25, 0.3) is 0 Å². The highest BCUT2D eigenvalue weighted by Crippen LogP contribution is 2.33. The van der Waals surface area contributed by atoms with E-state index in [0.29, 0.717) is 5.92 Å². The second-order valence-electron chi connectivity index (χ2n) is 6.11. The summed E-state index contributed by atoms with van der Waals surface area (Å²) < 4.78 is 6.87. The third-order valence-electron chi connectivity index (χ3n) is 4.86. The van der Waals surface area contributed by atoms with Crippen molar-refractivity contribution in [1.82, 2.24) is 0 Å². The summed E-state index contributed by atoms with van der Waals surface area (Å²) in [5.74, 6) is 1.54. The van der Waals surface area contributed by atoms with Gasteiger partial charge in [-0.25, -0.2) is 0 Å². The third-order valence-corrected chi connectivity index (χ3v) is 4.86. The summed E-state index contributed by atoms with van der Waals surface area (Å²) in [5, 5.41) is 10.1. The second kappa shape index (κ2) is 5.51. The van der Waals surface area contributed by atoms with E-state index in [-0.39, 0.29) is 6.10 Å². The maximum atomic E-state index is 10.1. The second-order valence-corrected chi connectivity index (χ2v) is 6.11. The number of hydrogen-bond acceptors (Lipinski definition) is 2. The average molecular weight is 262 g/mol. The van der Waals surface area contributed by atoms with Crippen LogP contribution in [-0.2, 0) is 0 Å². The summed E-state index contributed by atoms with van der Waals surface area (Å²) in [6.45, 7) is 5.41. The number of ether oxygens (including phenoxy) is 1. The molecule has 3 heterocycles. The summed E-state index contributed by atoms with van der Waals surface area (Å²) in [7, 11) is 0. The first-order chi connectivity index (χ1) is 9.27. The Bertz CT molecular complexity index is 398. The molecule has 3 heteroatoms. The number of hydrogen-bond donors (Lipinski definition) is 1. The molecular weight excluding hydrogens is 238 g/mol. The zero-order chi connectivity index (χ0) is 13.1. The van der Waals surface area contributed by atoms with Crippen molar-refractivity contribution < 1.29 is 14.3 Å². The van der Waals surface area contributed by atoms with Crippen molar-refractivity contribution in [2.45, 2.75) is 25.4 Å². The van der Waals surface area contributed by atoms with Crippen LogP contribution in [-0.4, -0.2) is 48.5 Å². The quantitative estimate of drug-likeness (QED) is 0.650. The van der Waals surface area contributed by atoms with Gasteiger partial charge in [0.15, 0.2) is 0 Å². The molecule has 1 aromatic carbocycles. The molecule has 3 aliphatic rings. The number of rotatable bonds is 5. The van der Waals surface area contributed by atoms with Crippen LogP contribution in [0.2, 0.25) is 0 Å². The largest absolute Gasteiger partial charge is 0.493 e. The summed E-state index contributed by atoms with van der Waals surface area (Å²) in [6, 6.07) is 10.0. The molecule has 1 aromatic rings. The van der Waals surface area contributed by atoms with E-state index in [1.807, 2.05) is 30.3 Å². The molecule has 0 aliphatic carbocycles. The third kappa shape index (κ3) is 2.93. The molecule has 3 fully saturated rings. The van der Waals surface area contributed by atoms with Crippen molar-refractivity contribution in [3.8, 4) is 5.75 Å². The molecule has 3 saturated heterocycles. The Kier molecular flexibility index (Phi) is 3.76. The van der Waals surface area contributed by atoms with Crippen LogP contribution in [0.15, 0.2) is 30.3 Å². The topological polar surface area (TPSA) is 29.5 Å². The monoisotopic (exact) mass is 262 g/mol. The van der Waals surface area contributed by atoms with Crippen LogP contribution in [0.3, 0.4) is 0 Å². The fraction of sp³-hybridized carbons (Fsp3) is 0.625. The van der Waals surface area contributed by atoms with Gasteiger partial charge in [-0.1, -0.05) is 18.2 Å². The fourth-order valence-electron chi connectivity index (χ4n) is 3.67. The van der Waals surface area contributed by atoms with Gasteiger partial charge in [0, 0.05) is 25.2 Å². The fourth-order valence-corrected chi connectivity index (χ4v) is 3.67. The number of quaternary nitrogens is 1. The molecule has 0 amide bonds. The van der Waals surface area contributed by atoms with Crippen molar-refractivity contribution in [3.63, 3.8) is 0 Å². The standard InChI is InChI=1S/C16H24NO2/c18-16-13-17(10-7-14(16)8-11-17)9-4-12-19-15-5-2-1-3-6-15/h1-3,5-6,14,16,18H,4,7-13H2/q+1/t14?,16-,17?/m0/s1. The van der Waals surface area contributed by atoms with Gasteiger partial charge in [0.1, 0.15) is 18.4 Å². The number of piperidine rings is 3. The molecule has 3 nitrogen and oxygen atoms in total. The Balaban J connectivity index is 1.45. The molecule has 19 heavy (non-hydrogen) atoms. The van der Waals surface area contributed by atoms with Crippen LogP contribution >= 0.6 is 0 Å². The number of nitrogens with zero attached hydrogens (tertiary/aromatic N) is 1. The highest BCUT2D eigenvalue weighted by molar-refractivity contribution is 5.20. The predicted molar refractivity (Wildman–Crippen MR) is 75.0 cm³/mol. The predicted octanol–water partition coefficient (Wildman–Crippen LogP) is 2.06. The van der Waals surface area contributed by atoms with Crippen molar-refractivity contribution in [2.24, 2.45) is 5.92 Å². The molecule has 0 spiro atoms. The molecule has 104 valence electrons. The molecule has 1 N–H and O–H groups in total. The van der Waals surface area contributed by atoms with E-state index in [2.05, 4.69) is 0 Å². The Morgan fingerprint density at radius 3 is 2.58 bits per heavy atom. The zero-order valence-electron chi connectivity index (χ0n) is 11.5. The lowest BCUT2D eigenvalue weighted by Gasteiger charge is -2.51. The van der Waals surface area contributed by atoms with Gasteiger partial charge in [0.2, 0.25) is 0 Å². The van der Waals surface area contributed by atoms with Gasteiger partial charge in [0.05, 0.1) is 26.2 Å². The first-order valence-corrected chi connectivity index (χ1v) is 7.48. The molecule has 0 unspecified atom stereocenters. The van der Waals surface area contributed by atoms with Crippen LogP contribution in [0.5, 0.6) is 5.75 Å². The van der Waals surface area contributed by atoms with Gasteiger partial charge in [-0.05, 0) is 12.1 Å². The number of aliphatic hydroxyl groups is 1. The van der Waals surface area contributed by atoms with Crippen molar-refractivity contribution in [1.29, 1.82) is 0 Å². The Hall–Kier alpha value is -1.06. The van der Waals surface area contributed by atoms with Crippen molar-refractivity contribution >= 4 is 0 Å². The number of aliphatic hydroxyl groups excluding tert-OH is 1. The van der Waals surface area contributed by atoms with Gasteiger partial charge in [-0.15, -0.1) is 0 Å². The molecule has 3 aliphatic heterocycles. The first-order valence-electron chi connectivity index (χ1n) is 7.48. The maximum Gasteiger partial charge on any atom is 0.119 e. The number of para-hydroxylation sites is 1. The average Bonchev–Trinajstić information content (AvgIpc) is 2.46. The molecular formula is C16H24NO2+. The lowest BCUT2D eigenvalue weighted by Crippen LogP contribution is -2.64. The van der Waals surface area contributed by atoms with E-state index >= 15 is 0 Å². The summed E-state index contributed by atoms with van der Waals surface area (Å²) in [5.41, 5.74) is 0. The van der Waals surface area contributed by atoms with Gasteiger partial charge < -0.3 is 14.3 Å². The lowest BCUT2D eigenvalue weighted by atomic mass is 9.83. The van der Waals surface area contributed by atoms with E-state index in [1.165, 1.54) is 25.9 Å². The van der Waals surface area contributed by atoms with E-state index in [4.69, 9.17) is 4.74 Å². The minimum atomic E-state index is -0.0578. The van der Waals surface area contributed by atoms with Crippen LogP contribution in [0, 0.1) is 5.92 Å². The minimum absolute atomic E-state index is 0.0578. The van der Waals surface area contributed by atoms with Crippen LogP contribution in [0.25, 0.3) is 0 Å². The smallest absolute Gasteiger partial charge is 0.119 e. The Morgan fingerprint density at radius 1 is 1.16 bits per heavy atom. The van der Waals surface area contributed by atoms with Crippen LogP contribution in [0.4, 0.5) is 0 Å². The normalized spacial score (nSPS) is 33.3. The molecule has 0 saturated carbocycles. The lowest BCUT2D eigenvalue weighted by molar-refractivity contribution is -0.946. The van der Waals surface area contributed by atoms with Crippen LogP contribution < -0.4 is 4.74 Å². The number of fused-ring (bicyclic) bond motifs is 3. The first kappa shape index (κ1) is 12.9. The van der Waals surface area contributed by atoms with Gasteiger partial charge in [-0.3, -0.25) is 0 Å². The van der Waals surface area contributed by atoms with E-state index in [9.17, 15) is 5.11 Å². The van der Waals surface area contributed by atoms with Gasteiger partial charge in [-0.2, -0.15) is 0 Å². The SMILES string of the molecule is O[C@H]1C[N+]2(CCCOc3ccccc3)CCC1CC2. The molecule has 1 atom stereocenters. The zero-order valence-corrected chi connectivity index (χ0v) is 11.5. The summed E-state index contributed by atoms with van der Waals surface area (Å²) in [4.78, 5) is 0. The Labute approximate surface area is 115 Å². The molecule has 4 rings (SSSR count). The van der Waals surface area contributed by atoms with Crippen LogP contribution in [0.1, 0.15) is 19.3 Å². The van der Waals surface area contributed by atoms with Crippen molar-refractivity contribution in [2.75, 3.05) is 32.8 Å². The molecule has 0 aromatic heterocycles. The highest BCUT2D eigenvalue weighted by Gasteiger charge is 2.44. The molecule has 2 bridgehead atoms. The van der Waals surface area contributed by atoms with E-state index < -0.39 is 0 Å². The Morgan fingerprint density at radius 2 is 1.89 bits per heavy atom. The summed E-state index contributed by atoms with van der Waals surface area (Å²) in [6.07, 6.45) is 3.44. The van der Waals surface area contributed by atoms with Crippen molar-refractivity contribution in [3.05, 3.63) is 30.3 Å². The van der Waals surface area contributed by atoms with E-state index in [1.54, 1.807) is 0 Å². The maximum absolute atomic E-state index is 10.1. The van der Waals surface area contributed by atoms with Gasteiger partial charge >= 0.3 is 0 Å².